The second-order valence-corrected chi connectivity index (χ2v) is 11.4. The van der Waals surface area contributed by atoms with E-state index in [9.17, 15) is 13.2 Å². The Bertz CT molecular complexity index is 1230. The predicted octanol–water partition coefficient (Wildman–Crippen LogP) is 4.16. The summed E-state index contributed by atoms with van der Waals surface area (Å²) in [5.41, 5.74) is 7.41. The average molecular weight is 526 g/mol. The fourth-order valence-corrected chi connectivity index (χ4v) is 5.78. The Morgan fingerprint density at radius 3 is 2.59 bits per heavy atom. The molecule has 2 aliphatic heterocycles. The molecule has 7 nitrogen and oxygen atoms in total. The Morgan fingerprint density at radius 1 is 1.24 bits per heavy atom. The summed E-state index contributed by atoms with van der Waals surface area (Å²) in [5.74, 6) is 0.0954. The first kappa shape index (κ1) is 26.5. The van der Waals surface area contributed by atoms with Crippen molar-refractivity contribution in [3.8, 4) is 11.1 Å². The first-order chi connectivity index (χ1) is 15.5. The number of hydrogen-bond donors (Lipinski definition) is 1. The third kappa shape index (κ3) is 5.10. The highest BCUT2D eigenvalue weighted by Crippen LogP contribution is 2.42. The van der Waals surface area contributed by atoms with E-state index in [1.807, 2.05) is 32.0 Å². The van der Waals surface area contributed by atoms with Crippen LogP contribution in [0.15, 0.2) is 52.4 Å². The van der Waals surface area contributed by atoms with Crippen molar-refractivity contribution in [1.82, 2.24) is 4.90 Å². The van der Waals surface area contributed by atoms with Crippen LogP contribution in [0.3, 0.4) is 0 Å². The molecule has 1 fully saturated rings. The molecule has 2 N–H and O–H groups in total. The first-order valence-electron chi connectivity index (χ1n) is 10.9. The van der Waals surface area contributed by atoms with Gasteiger partial charge in [-0.3, -0.25) is 9.69 Å². The van der Waals surface area contributed by atoms with E-state index in [0.29, 0.717) is 34.7 Å². The predicted molar refractivity (Wildman–Crippen MR) is 136 cm³/mol. The summed E-state index contributed by atoms with van der Waals surface area (Å²) >= 11 is 6.83. The molecule has 0 saturated carbocycles. The average Bonchev–Trinajstić information content (AvgIpc) is 2.73. The van der Waals surface area contributed by atoms with Crippen molar-refractivity contribution >= 4 is 45.7 Å². The van der Waals surface area contributed by atoms with Gasteiger partial charge in [-0.15, -0.1) is 12.4 Å². The Morgan fingerprint density at radius 2 is 1.94 bits per heavy atom. The number of benzene rings is 2. The van der Waals surface area contributed by atoms with E-state index in [1.165, 1.54) is 6.26 Å². The summed E-state index contributed by atoms with van der Waals surface area (Å²) in [6, 6.07) is 12.1. The number of rotatable bonds is 4. The van der Waals surface area contributed by atoms with Crippen LogP contribution in [0.1, 0.15) is 38.7 Å². The van der Waals surface area contributed by atoms with Gasteiger partial charge in [0.05, 0.1) is 28.0 Å². The molecular formula is C24H29Cl2N3O4S. The summed E-state index contributed by atoms with van der Waals surface area (Å²) < 4.78 is 29.6. The Kier molecular flexibility index (Phi) is 7.67. The largest absolute Gasteiger partial charge is 0.378 e. The molecular weight excluding hydrogens is 497 g/mol. The second kappa shape index (κ2) is 9.85. The molecule has 184 valence electrons. The lowest BCUT2D eigenvalue weighted by atomic mass is 9.85. The lowest BCUT2D eigenvalue weighted by Crippen LogP contribution is -2.56. The number of ether oxygens (including phenoxy) is 1. The van der Waals surface area contributed by atoms with Gasteiger partial charge in [-0.2, -0.15) is 0 Å². The van der Waals surface area contributed by atoms with Crippen molar-refractivity contribution in [1.29, 1.82) is 0 Å². The van der Waals surface area contributed by atoms with Crippen LogP contribution in [0.5, 0.6) is 0 Å². The zero-order valence-corrected chi connectivity index (χ0v) is 21.7. The number of aliphatic imine (C=N–C) groups is 1. The molecule has 10 heteroatoms. The number of nitrogens with zero attached hydrogens (tertiary/aromatic N) is 2. The van der Waals surface area contributed by atoms with E-state index in [4.69, 9.17) is 27.1 Å². The molecule has 2 heterocycles. The maximum absolute atomic E-state index is 13.2. The summed E-state index contributed by atoms with van der Waals surface area (Å²) in [6.45, 7) is 4.42. The van der Waals surface area contributed by atoms with E-state index in [-0.39, 0.29) is 47.7 Å². The van der Waals surface area contributed by atoms with E-state index in [2.05, 4.69) is 0 Å². The maximum Gasteiger partial charge on any atom is 0.232 e. The fourth-order valence-electron chi connectivity index (χ4n) is 4.67. The summed E-state index contributed by atoms with van der Waals surface area (Å²) in [7, 11) is -3.36. The van der Waals surface area contributed by atoms with Crippen LogP contribution in [0.2, 0.25) is 5.02 Å². The van der Waals surface area contributed by atoms with Crippen LogP contribution >= 0.6 is 24.0 Å². The minimum Gasteiger partial charge on any atom is -0.378 e. The number of amides is 1. The Balaban J connectivity index is 0.00000324. The molecule has 0 radical (unpaired) electrons. The quantitative estimate of drug-likeness (QED) is 0.645. The highest BCUT2D eigenvalue weighted by Gasteiger charge is 2.42. The van der Waals surface area contributed by atoms with Gasteiger partial charge >= 0.3 is 0 Å². The molecule has 1 saturated heterocycles. The molecule has 3 atom stereocenters. The van der Waals surface area contributed by atoms with Crippen molar-refractivity contribution in [3.05, 3.63) is 53.1 Å². The molecule has 2 aliphatic rings. The minimum atomic E-state index is -3.36. The van der Waals surface area contributed by atoms with Crippen LogP contribution < -0.4 is 5.73 Å². The molecule has 2 aromatic rings. The third-order valence-electron chi connectivity index (χ3n) is 6.35. The van der Waals surface area contributed by atoms with Crippen LogP contribution in [0, 0.1) is 0 Å². The van der Waals surface area contributed by atoms with Gasteiger partial charge in [0.2, 0.25) is 5.91 Å². The van der Waals surface area contributed by atoms with E-state index >= 15 is 0 Å². The van der Waals surface area contributed by atoms with Crippen LogP contribution in [-0.4, -0.2) is 50.2 Å². The highest BCUT2D eigenvalue weighted by atomic mass is 35.5. The molecule has 34 heavy (non-hydrogen) atoms. The van der Waals surface area contributed by atoms with E-state index in [1.54, 1.807) is 29.2 Å². The van der Waals surface area contributed by atoms with Crippen LogP contribution in [-0.2, 0) is 24.9 Å². The molecule has 0 unspecified atom stereocenters. The molecule has 2 aromatic carbocycles. The van der Waals surface area contributed by atoms with Crippen molar-refractivity contribution in [3.63, 3.8) is 0 Å². The van der Waals surface area contributed by atoms with Crippen molar-refractivity contribution in [2.45, 2.75) is 55.7 Å². The molecule has 0 aromatic heterocycles. The zero-order valence-electron chi connectivity index (χ0n) is 19.3. The third-order valence-corrected chi connectivity index (χ3v) is 7.86. The zero-order chi connectivity index (χ0) is 24.0. The number of nitrogens with two attached hydrogens (primary N) is 1. The van der Waals surface area contributed by atoms with Crippen molar-refractivity contribution in [2.75, 3.05) is 12.9 Å². The fraction of sp³-hybridized carbons (Fsp3) is 0.417. The van der Waals surface area contributed by atoms with E-state index < -0.39 is 15.4 Å². The number of halogens is 2. The lowest BCUT2D eigenvalue weighted by Gasteiger charge is -2.41. The van der Waals surface area contributed by atoms with Gasteiger partial charge in [-0.25, -0.2) is 13.4 Å². The van der Waals surface area contributed by atoms with Gasteiger partial charge in [0.25, 0.3) is 0 Å². The Hall–Kier alpha value is -2.13. The van der Waals surface area contributed by atoms with Crippen LogP contribution in [0.25, 0.3) is 11.1 Å². The normalized spacial score (nSPS) is 25.5. The second-order valence-electron chi connectivity index (χ2n) is 9.01. The summed E-state index contributed by atoms with van der Waals surface area (Å²) in [6.07, 6.45) is 2.79. The smallest absolute Gasteiger partial charge is 0.232 e. The number of carbonyl (C=O) groups excluding carboxylic acids is 1. The SMILES string of the molecule is C[C@H]1C[C@@H](N2C(=O)C[C@@](C)(c3cccc(-c4cccc(S(C)(=O)=O)c4)c3Cl)N=C2N)CCO1.Cl. The topological polar surface area (TPSA) is 102 Å². The van der Waals surface area contributed by atoms with Gasteiger partial charge in [-0.1, -0.05) is 41.9 Å². The van der Waals surface area contributed by atoms with E-state index in [0.717, 1.165) is 6.42 Å². The molecule has 0 spiro atoms. The summed E-state index contributed by atoms with van der Waals surface area (Å²) in [4.78, 5) is 19.8. The number of sulfone groups is 1. The van der Waals surface area contributed by atoms with Gasteiger partial charge in [0, 0.05) is 24.5 Å². The van der Waals surface area contributed by atoms with Crippen molar-refractivity contribution < 1.29 is 17.9 Å². The number of guanidine groups is 1. The lowest BCUT2D eigenvalue weighted by molar-refractivity contribution is -0.133. The minimum absolute atomic E-state index is 0. The molecule has 4 rings (SSSR count). The van der Waals surface area contributed by atoms with Gasteiger partial charge < -0.3 is 10.5 Å². The standard InChI is InChI=1S/C24H28ClN3O4S.ClH/c1-15-12-17(10-11-32-15)28-21(29)14-24(2,27-23(28)26)20-9-5-8-19(22(20)25)16-6-4-7-18(13-16)33(3,30)31;/h4-9,13,15,17H,10-12,14H2,1-3H3,(H2,26,27);1H/t15-,17-,24-;/m0./s1. The van der Waals surface area contributed by atoms with Gasteiger partial charge in [-0.05, 0) is 49.9 Å². The van der Waals surface area contributed by atoms with Crippen LogP contribution in [0.4, 0.5) is 0 Å². The van der Waals surface area contributed by atoms with Gasteiger partial charge in [0.1, 0.15) is 0 Å². The molecule has 1 amide bonds. The van der Waals surface area contributed by atoms with Gasteiger partial charge in [0.15, 0.2) is 15.8 Å². The number of hydrogen-bond acceptors (Lipinski definition) is 6. The summed E-state index contributed by atoms with van der Waals surface area (Å²) in [5, 5.41) is 0.420. The van der Waals surface area contributed by atoms with Crippen molar-refractivity contribution in [2.24, 2.45) is 10.7 Å². The molecule has 0 bridgehead atoms. The number of carbonyl (C=O) groups is 1. The highest BCUT2D eigenvalue weighted by molar-refractivity contribution is 7.90. The Labute approximate surface area is 211 Å². The monoisotopic (exact) mass is 525 g/mol. The first-order valence-corrected chi connectivity index (χ1v) is 13.1. The maximum atomic E-state index is 13.2. The molecule has 0 aliphatic carbocycles.